The summed E-state index contributed by atoms with van der Waals surface area (Å²) >= 11 is 10.6. The first-order valence-electron chi connectivity index (χ1n) is 8.43. The van der Waals surface area contributed by atoms with Crippen LogP contribution in [0.2, 0.25) is 5.15 Å². The molecule has 1 heterocycles. The molecule has 0 unspecified atom stereocenters. The number of pyridine rings is 1. The van der Waals surface area contributed by atoms with Crippen LogP contribution in [0.15, 0.2) is 42.6 Å². The number of aryl methyl sites for hydroxylation is 1. The van der Waals surface area contributed by atoms with Crippen LogP contribution < -0.4 is 33.4 Å². The van der Waals surface area contributed by atoms with E-state index < -0.39 is 0 Å². The summed E-state index contributed by atoms with van der Waals surface area (Å²) in [6.07, 6.45) is 8.60. The first-order chi connectivity index (χ1) is 11.6. The van der Waals surface area contributed by atoms with Crippen molar-refractivity contribution in [2.45, 2.75) is 26.3 Å². The Kier molecular flexibility index (Phi) is 10.5. The molecule has 2 aromatic rings. The highest BCUT2D eigenvalue weighted by molar-refractivity contribution is 7.80. The number of hydrogen-bond donors (Lipinski definition) is 1. The predicted molar refractivity (Wildman–Crippen MR) is 109 cm³/mol. The fourth-order valence-electron chi connectivity index (χ4n) is 2.44. The van der Waals surface area contributed by atoms with Gasteiger partial charge in [-0.05, 0) is 34.9 Å². The Morgan fingerprint density at radius 3 is 2.40 bits per heavy atom. The van der Waals surface area contributed by atoms with E-state index in [9.17, 15) is 0 Å². The summed E-state index contributed by atoms with van der Waals surface area (Å²) in [7, 11) is 2.08. The number of aromatic nitrogens is 1. The molecular formula is C20H26ClIN2S. The van der Waals surface area contributed by atoms with Gasteiger partial charge in [-0.3, -0.25) is 0 Å². The van der Waals surface area contributed by atoms with E-state index in [0.29, 0.717) is 0 Å². The van der Waals surface area contributed by atoms with Crippen LogP contribution in [0.1, 0.15) is 30.9 Å². The molecule has 25 heavy (non-hydrogen) atoms. The van der Waals surface area contributed by atoms with Gasteiger partial charge in [0.2, 0.25) is 0 Å². The molecule has 136 valence electrons. The summed E-state index contributed by atoms with van der Waals surface area (Å²) in [4.78, 5) is 2.20. The van der Waals surface area contributed by atoms with Crippen molar-refractivity contribution >= 4 is 42.1 Å². The van der Waals surface area contributed by atoms with E-state index in [0.717, 1.165) is 36.0 Å². The maximum atomic E-state index is 6.35. The molecule has 0 aliphatic rings. The number of nitrogens with zero attached hydrogens (tertiary/aromatic N) is 2. The molecule has 0 aliphatic carbocycles. The van der Waals surface area contributed by atoms with E-state index in [-0.39, 0.29) is 24.0 Å². The van der Waals surface area contributed by atoms with Gasteiger partial charge < -0.3 is 28.9 Å². The van der Waals surface area contributed by atoms with E-state index in [2.05, 4.69) is 84.7 Å². The summed E-state index contributed by atoms with van der Waals surface area (Å²) in [6.45, 7) is 4.10. The topological polar surface area (TPSA) is 7.12 Å². The number of hydrogen-bond acceptors (Lipinski definition) is 2. The van der Waals surface area contributed by atoms with Gasteiger partial charge in [0.25, 0.3) is 5.15 Å². The third-order valence-electron chi connectivity index (χ3n) is 4.00. The van der Waals surface area contributed by atoms with E-state index in [4.69, 9.17) is 11.6 Å². The monoisotopic (exact) mass is 488 g/mol. The van der Waals surface area contributed by atoms with E-state index in [1.54, 1.807) is 0 Å². The molecule has 1 aromatic carbocycles. The molecule has 5 heteroatoms. The highest BCUT2D eigenvalue weighted by Crippen LogP contribution is 2.16. The second-order valence-electron chi connectivity index (χ2n) is 5.90. The van der Waals surface area contributed by atoms with Gasteiger partial charge in [-0.1, -0.05) is 37.6 Å². The van der Waals surface area contributed by atoms with Crippen molar-refractivity contribution in [3.05, 3.63) is 58.9 Å². The van der Waals surface area contributed by atoms with Gasteiger partial charge in [-0.2, -0.15) is 17.2 Å². The fourth-order valence-corrected chi connectivity index (χ4v) is 3.01. The molecule has 0 N–H and O–H groups in total. The first-order valence-corrected chi connectivity index (χ1v) is 9.44. The van der Waals surface area contributed by atoms with Crippen molar-refractivity contribution in [3.63, 3.8) is 0 Å². The van der Waals surface area contributed by atoms with Crippen LogP contribution in [0.3, 0.4) is 0 Å². The second kappa shape index (κ2) is 11.8. The molecule has 1 aromatic heterocycles. The largest absolute Gasteiger partial charge is 1.00 e. The third kappa shape index (κ3) is 7.19. The highest BCUT2D eigenvalue weighted by Gasteiger charge is 2.07. The van der Waals surface area contributed by atoms with Crippen molar-refractivity contribution in [1.29, 1.82) is 0 Å². The van der Waals surface area contributed by atoms with Crippen molar-refractivity contribution in [2.24, 2.45) is 0 Å². The minimum Gasteiger partial charge on any atom is -1.00 e. The van der Waals surface area contributed by atoms with Crippen LogP contribution in [0.25, 0.3) is 12.2 Å². The number of halogens is 2. The average molecular weight is 489 g/mol. The molecule has 0 saturated heterocycles. The first kappa shape index (κ1) is 22.3. The average Bonchev–Trinajstić information content (AvgIpc) is 2.60. The Bertz CT molecular complexity index is 674. The Balaban J connectivity index is 0.00000312. The van der Waals surface area contributed by atoms with E-state index in [1.165, 1.54) is 17.7 Å². The molecule has 2 rings (SSSR count). The van der Waals surface area contributed by atoms with Gasteiger partial charge in [0.1, 0.15) is 6.54 Å². The van der Waals surface area contributed by atoms with E-state index in [1.807, 2.05) is 6.07 Å². The Labute approximate surface area is 179 Å². The smallest absolute Gasteiger partial charge is 0.275 e. The zero-order chi connectivity index (χ0) is 17.4. The summed E-state index contributed by atoms with van der Waals surface area (Å²) in [5, 5.41) is 0.786. The molecule has 0 atom stereocenters. The lowest BCUT2D eigenvalue weighted by molar-refractivity contribution is -0.695. The van der Waals surface area contributed by atoms with Gasteiger partial charge in [-0.25, -0.2) is 0 Å². The number of benzene rings is 1. The molecule has 2 nitrogen and oxygen atoms in total. The molecular weight excluding hydrogens is 463 g/mol. The molecule has 0 radical (unpaired) electrons. The van der Waals surface area contributed by atoms with Gasteiger partial charge in [0, 0.05) is 43.6 Å². The second-order valence-corrected chi connectivity index (χ2v) is 6.73. The summed E-state index contributed by atoms with van der Waals surface area (Å²) in [5.74, 6) is 0.852. The molecule has 0 amide bonds. The standard InChI is InChI=1S/C20H25ClN2S.HI/c1-3-4-12-23-13-11-18(16-20(23)21)6-5-17-7-9-19(10-8-17)22(2)14-15-24;/h5-11,13,16H,3-4,12,14-15H2,1-2H3;1H. The van der Waals surface area contributed by atoms with Crippen LogP contribution in [0.5, 0.6) is 0 Å². The lowest BCUT2D eigenvalue weighted by atomic mass is 10.1. The van der Waals surface area contributed by atoms with Crippen LogP contribution in [-0.2, 0) is 6.54 Å². The SMILES string of the molecule is CCCC[n+]1ccc(/C=C/c2ccc(N(C)CCS)cc2)cc1Cl.[I-]. The molecule has 0 bridgehead atoms. The molecule has 0 saturated carbocycles. The molecule has 0 aliphatic heterocycles. The van der Waals surface area contributed by atoms with Crippen LogP contribution in [-0.4, -0.2) is 19.3 Å². The quantitative estimate of drug-likeness (QED) is 0.258. The number of rotatable bonds is 8. The number of anilines is 1. The minimum atomic E-state index is 0. The van der Waals surface area contributed by atoms with Gasteiger partial charge >= 0.3 is 0 Å². The van der Waals surface area contributed by atoms with Crippen LogP contribution in [0, 0.1) is 0 Å². The van der Waals surface area contributed by atoms with E-state index >= 15 is 0 Å². The van der Waals surface area contributed by atoms with Crippen molar-refractivity contribution < 1.29 is 28.5 Å². The number of unbranched alkanes of at least 4 members (excludes halogenated alkanes) is 1. The number of thiol groups is 1. The minimum absolute atomic E-state index is 0. The maximum Gasteiger partial charge on any atom is 0.275 e. The molecule has 0 spiro atoms. The lowest BCUT2D eigenvalue weighted by Crippen LogP contribution is -3.00. The Morgan fingerprint density at radius 2 is 1.80 bits per heavy atom. The predicted octanol–water partition coefficient (Wildman–Crippen LogP) is 1.97. The van der Waals surface area contributed by atoms with Gasteiger partial charge in [0.05, 0.1) is 0 Å². The summed E-state index contributed by atoms with van der Waals surface area (Å²) in [6, 6.07) is 12.7. The van der Waals surface area contributed by atoms with Crippen molar-refractivity contribution in [3.8, 4) is 0 Å². The zero-order valence-electron chi connectivity index (χ0n) is 14.8. The summed E-state index contributed by atoms with van der Waals surface area (Å²) in [5.41, 5.74) is 3.50. The normalized spacial score (nSPS) is 10.7. The zero-order valence-corrected chi connectivity index (χ0v) is 18.6. The highest BCUT2D eigenvalue weighted by atomic mass is 127. The maximum absolute atomic E-state index is 6.35. The lowest BCUT2D eigenvalue weighted by Gasteiger charge is -2.17. The fraction of sp³-hybridized carbons (Fsp3) is 0.350. The Morgan fingerprint density at radius 1 is 1.12 bits per heavy atom. The summed E-state index contributed by atoms with van der Waals surface area (Å²) < 4.78 is 2.09. The van der Waals surface area contributed by atoms with Crippen LogP contribution in [0.4, 0.5) is 5.69 Å². The van der Waals surface area contributed by atoms with Gasteiger partial charge in [-0.15, -0.1) is 0 Å². The van der Waals surface area contributed by atoms with Crippen LogP contribution >= 0.6 is 24.2 Å². The van der Waals surface area contributed by atoms with Crippen molar-refractivity contribution in [1.82, 2.24) is 0 Å². The molecule has 0 fully saturated rings. The van der Waals surface area contributed by atoms with Gasteiger partial charge in [0.15, 0.2) is 6.20 Å². The third-order valence-corrected chi connectivity index (χ3v) is 4.52. The Hall–Kier alpha value is -0.720. The van der Waals surface area contributed by atoms with Crippen molar-refractivity contribution in [2.75, 3.05) is 24.2 Å².